The van der Waals surface area contributed by atoms with Crippen LogP contribution >= 0.6 is 0 Å². The maximum atomic E-state index is 8.84. The van der Waals surface area contributed by atoms with Crippen molar-refractivity contribution in [2.75, 3.05) is 11.1 Å². The van der Waals surface area contributed by atoms with E-state index >= 15 is 0 Å². The molecule has 3 N–H and O–H groups in total. The fourth-order valence-electron chi connectivity index (χ4n) is 1.60. The van der Waals surface area contributed by atoms with E-state index in [1.807, 2.05) is 20.2 Å². The van der Waals surface area contributed by atoms with Gasteiger partial charge in [-0.1, -0.05) is 0 Å². The van der Waals surface area contributed by atoms with Crippen LogP contribution in [0.3, 0.4) is 0 Å². The number of hydrogen-bond donors (Lipinski definition) is 2. The van der Waals surface area contributed by atoms with Gasteiger partial charge in [0.25, 0.3) is 0 Å². The van der Waals surface area contributed by atoms with Crippen molar-refractivity contribution in [2.45, 2.75) is 6.92 Å². The van der Waals surface area contributed by atoms with E-state index < -0.39 is 0 Å². The zero-order valence-corrected chi connectivity index (χ0v) is 9.73. The van der Waals surface area contributed by atoms with E-state index in [0.29, 0.717) is 11.3 Å². The minimum Gasteiger partial charge on any atom is -0.397 e. The van der Waals surface area contributed by atoms with Crippen molar-refractivity contribution in [3.8, 4) is 6.07 Å². The van der Waals surface area contributed by atoms with Gasteiger partial charge in [0.1, 0.15) is 0 Å². The van der Waals surface area contributed by atoms with Gasteiger partial charge in [0.15, 0.2) is 0 Å². The zero-order valence-electron chi connectivity index (χ0n) is 9.73. The molecule has 0 saturated heterocycles. The Balaban J connectivity index is 2.36. The van der Waals surface area contributed by atoms with E-state index in [1.54, 1.807) is 22.9 Å². The molecule has 0 radical (unpaired) electrons. The Labute approximate surface area is 99.5 Å². The van der Waals surface area contributed by atoms with Gasteiger partial charge in [-0.15, -0.1) is 0 Å². The maximum Gasteiger partial charge on any atom is 0.0992 e. The Hall–Kier alpha value is -2.48. The number of nitrogens with one attached hydrogen (secondary N) is 1. The number of nitrogen functional groups attached to an aromatic ring is 1. The molecule has 0 saturated carbocycles. The highest BCUT2D eigenvalue weighted by atomic mass is 15.3. The van der Waals surface area contributed by atoms with Crippen LogP contribution in [0.2, 0.25) is 0 Å². The predicted octanol–water partition coefficient (Wildman–Crippen LogP) is 1.93. The van der Waals surface area contributed by atoms with E-state index in [-0.39, 0.29) is 0 Å². The highest BCUT2D eigenvalue weighted by Gasteiger charge is 2.06. The SMILES string of the molecule is Cc1nn(C)cc1Nc1cc(C#N)ccc1N. The molecule has 1 aromatic heterocycles. The third-order valence-electron chi connectivity index (χ3n) is 2.47. The second kappa shape index (κ2) is 4.18. The number of benzene rings is 1. The Bertz CT molecular complexity index is 591. The van der Waals surface area contributed by atoms with Crippen LogP contribution in [0.5, 0.6) is 0 Å². The molecule has 0 atom stereocenters. The smallest absolute Gasteiger partial charge is 0.0992 e. The predicted molar refractivity (Wildman–Crippen MR) is 66.8 cm³/mol. The number of aryl methyl sites for hydroxylation is 2. The lowest BCUT2D eigenvalue weighted by molar-refractivity contribution is 0.756. The largest absolute Gasteiger partial charge is 0.397 e. The van der Waals surface area contributed by atoms with Crippen LogP contribution in [-0.2, 0) is 7.05 Å². The molecule has 2 rings (SSSR count). The van der Waals surface area contributed by atoms with Crippen molar-refractivity contribution >= 4 is 17.1 Å². The number of aromatic nitrogens is 2. The van der Waals surface area contributed by atoms with Crippen LogP contribution in [0.15, 0.2) is 24.4 Å². The highest BCUT2D eigenvalue weighted by molar-refractivity contribution is 5.74. The fourth-order valence-corrected chi connectivity index (χ4v) is 1.60. The molecule has 5 heteroatoms. The molecule has 0 fully saturated rings. The summed E-state index contributed by atoms with van der Waals surface area (Å²) < 4.78 is 1.72. The summed E-state index contributed by atoms with van der Waals surface area (Å²) in [6.45, 7) is 1.91. The van der Waals surface area contributed by atoms with Crippen molar-refractivity contribution in [3.05, 3.63) is 35.7 Å². The average Bonchev–Trinajstić information content (AvgIpc) is 2.60. The fraction of sp³-hybridized carbons (Fsp3) is 0.167. The van der Waals surface area contributed by atoms with Crippen LogP contribution in [0.25, 0.3) is 0 Å². The van der Waals surface area contributed by atoms with Crippen LogP contribution in [0.1, 0.15) is 11.3 Å². The molecular formula is C12H13N5. The number of hydrogen-bond acceptors (Lipinski definition) is 4. The lowest BCUT2D eigenvalue weighted by Crippen LogP contribution is -1.97. The van der Waals surface area contributed by atoms with Gasteiger partial charge in [0, 0.05) is 13.2 Å². The Morgan fingerprint density at radius 1 is 1.41 bits per heavy atom. The Morgan fingerprint density at radius 3 is 2.76 bits per heavy atom. The first-order valence-electron chi connectivity index (χ1n) is 5.17. The third-order valence-corrected chi connectivity index (χ3v) is 2.47. The molecule has 0 bridgehead atoms. The van der Waals surface area contributed by atoms with Gasteiger partial charge >= 0.3 is 0 Å². The van der Waals surface area contributed by atoms with E-state index in [1.165, 1.54) is 0 Å². The minimum absolute atomic E-state index is 0.572. The number of anilines is 3. The van der Waals surface area contributed by atoms with Crippen molar-refractivity contribution < 1.29 is 0 Å². The van der Waals surface area contributed by atoms with Crippen molar-refractivity contribution in [2.24, 2.45) is 7.05 Å². The molecule has 1 aromatic carbocycles. The lowest BCUT2D eigenvalue weighted by atomic mass is 10.2. The summed E-state index contributed by atoms with van der Waals surface area (Å²) in [5.41, 5.74) is 9.52. The Kier molecular flexibility index (Phi) is 2.71. The van der Waals surface area contributed by atoms with Gasteiger partial charge in [-0.25, -0.2) is 0 Å². The molecule has 2 aromatic rings. The number of nitrogens with two attached hydrogens (primary N) is 1. The first-order chi connectivity index (χ1) is 8.10. The first-order valence-corrected chi connectivity index (χ1v) is 5.17. The molecule has 0 aliphatic rings. The zero-order chi connectivity index (χ0) is 12.4. The summed E-state index contributed by atoms with van der Waals surface area (Å²) in [5.74, 6) is 0. The van der Waals surface area contributed by atoms with Crippen molar-refractivity contribution in [1.29, 1.82) is 5.26 Å². The molecule has 1 heterocycles. The molecule has 17 heavy (non-hydrogen) atoms. The second-order valence-electron chi connectivity index (χ2n) is 3.84. The van der Waals surface area contributed by atoms with E-state index in [4.69, 9.17) is 11.0 Å². The number of rotatable bonds is 2. The van der Waals surface area contributed by atoms with Gasteiger partial charge in [0.05, 0.1) is 34.4 Å². The summed E-state index contributed by atoms with van der Waals surface area (Å²) in [7, 11) is 1.85. The van der Waals surface area contributed by atoms with Gasteiger partial charge < -0.3 is 11.1 Å². The Morgan fingerprint density at radius 2 is 2.18 bits per heavy atom. The summed E-state index contributed by atoms with van der Waals surface area (Å²) in [5, 5.41) is 16.2. The molecular weight excluding hydrogens is 214 g/mol. The topological polar surface area (TPSA) is 79.7 Å². The average molecular weight is 227 g/mol. The van der Waals surface area contributed by atoms with Crippen molar-refractivity contribution in [3.63, 3.8) is 0 Å². The number of nitrogens with zero attached hydrogens (tertiary/aromatic N) is 3. The van der Waals surface area contributed by atoms with Gasteiger partial charge in [0.2, 0.25) is 0 Å². The summed E-state index contributed by atoms with van der Waals surface area (Å²) in [4.78, 5) is 0. The molecule has 86 valence electrons. The van der Waals surface area contributed by atoms with Crippen LogP contribution in [-0.4, -0.2) is 9.78 Å². The molecule has 0 spiro atoms. The van der Waals surface area contributed by atoms with Gasteiger partial charge in [-0.2, -0.15) is 10.4 Å². The molecule has 0 aliphatic heterocycles. The maximum absolute atomic E-state index is 8.84. The quantitative estimate of drug-likeness (QED) is 0.768. The summed E-state index contributed by atoms with van der Waals surface area (Å²) in [6, 6.07) is 7.21. The molecule has 5 nitrogen and oxygen atoms in total. The molecule has 0 unspecified atom stereocenters. The van der Waals surface area contributed by atoms with Crippen LogP contribution < -0.4 is 11.1 Å². The van der Waals surface area contributed by atoms with Crippen molar-refractivity contribution in [1.82, 2.24) is 9.78 Å². The van der Waals surface area contributed by atoms with E-state index in [0.717, 1.165) is 17.1 Å². The first kappa shape index (κ1) is 11.0. The van der Waals surface area contributed by atoms with Crippen LogP contribution in [0.4, 0.5) is 17.1 Å². The standard InChI is InChI=1S/C12H13N5/c1-8-12(7-17(2)16-8)15-11-5-9(6-13)3-4-10(11)14/h3-5,7,15H,14H2,1-2H3. The monoisotopic (exact) mass is 227 g/mol. The van der Waals surface area contributed by atoms with E-state index in [2.05, 4.69) is 16.5 Å². The van der Waals surface area contributed by atoms with Crippen LogP contribution in [0, 0.1) is 18.3 Å². The molecule has 0 amide bonds. The highest BCUT2D eigenvalue weighted by Crippen LogP contribution is 2.25. The van der Waals surface area contributed by atoms with E-state index in [9.17, 15) is 0 Å². The summed E-state index contributed by atoms with van der Waals surface area (Å²) >= 11 is 0. The normalized spacial score (nSPS) is 9.94. The lowest BCUT2D eigenvalue weighted by Gasteiger charge is -2.08. The molecule has 0 aliphatic carbocycles. The minimum atomic E-state index is 0.572. The third kappa shape index (κ3) is 2.21. The van der Waals surface area contributed by atoms with Gasteiger partial charge in [-0.05, 0) is 25.1 Å². The second-order valence-corrected chi connectivity index (χ2v) is 3.84. The number of nitriles is 1. The summed E-state index contributed by atoms with van der Waals surface area (Å²) in [6.07, 6.45) is 1.87. The van der Waals surface area contributed by atoms with Gasteiger partial charge in [-0.3, -0.25) is 4.68 Å².